The monoisotopic (exact) mass is 681 g/mol. The first-order chi connectivity index (χ1) is 25.8. The Kier molecular flexibility index (Phi) is 7.40. The molecule has 244 valence electrons. The van der Waals surface area contributed by atoms with Gasteiger partial charge in [-0.3, -0.25) is 0 Å². The number of hydrogen-bond acceptors (Lipinski definition) is 3. The Morgan fingerprint density at radius 2 is 0.923 bits per heavy atom. The summed E-state index contributed by atoms with van der Waals surface area (Å²) in [5.74, 6) is 0.711. The summed E-state index contributed by atoms with van der Waals surface area (Å²) >= 11 is 1.85. The highest BCUT2D eigenvalue weighted by atomic mass is 32.2. The van der Waals surface area contributed by atoms with E-state index in [2.05, 4.69) is 168 Å². The summed E-state index contributed by atoms with van der Waals surface area (Å²) < 4.78 is 2.49. The minimum atomic E-state index is 0.711. The van der Waals surface area contributed by atoms with E-state index in [4.69, 9.17) is 9.97 Å². The van der Waals surface area contributed by atoms with E-state index >= 15 is 0 Å². The van der Waals surface area contributed by atoms with Crippen LogP contribution in [0.2, 0.25) is 0 Å². The number of nitrogens with zero attached hydrogens (tertiary/aromatic N) is 3. The molecule has 7 aromatic carbocycles. The molecule has 3 heterocycles. The fourth-order valence-electron chi connectivity index (χ4n) is 7.46. The second kappa shape index (κ2) is 12.7. The van der Waals surface area contributed by atoms with Crippen LogP contribution in [0.1, 0.15) is 0 Å². The van der Waals surface area contributed by atoms with Crippen LogP contribution in [-0.4, -0.2) is 14.5 Å². The maximum absolute atomic E-state index is 5.11. The van der Waals surface area contributed by atoms with Gasteiger partial charge in [0, 0.05) is 54.2 Å². The number of rotatable bonds is 5. The topological polar surface area (TPSA) is 30.7 Å². The maximum atomic E-state index is 5.11. The van der Waals surface area contributed by atoms with E-state index in [1.54, 1.807) is 0 Å². The van der Waals surface area contributed by atoms with Gasteiger partial charge in [-0.1, -0.05) is 169 Å². The third-order valence-corrected chi connectivity index (χ3v) is 11.0. The first-order valence-corrected chi connectivity index (χ1v) is 18.3. The van der Waals surface area contributed by atoms with E-state index in [1.807, 2.05) is 36.0 Å². The SMILES string of the molecule is c1ccc(-c2cc(-c3ccc(-n4c5c(c6cccc(-c7ccccc7)c64)-c4ccccc4Sc4ccccc4-5)cc3)nc(-c3ccccc3)n2)cc1. The summed E-state index contributed by atoms with van der Waals surface area (Å²) in [5.41, 5.74) is 14.5. The molecule has 10 rings (SSSR count). The summed E-state index contributed by atoms with van der Waals surface area (Å²) in [4.78, 5) is 12.6. The second-order valence-corrected chi connectivity index (χ2v) is 14.0. The molecular formula is C48H31N3S. The predicted molar refractivity (Wildman–Crippen MR) is 216 cm³/mol. The summed E-state index contributed by atoms with van der Waals surface area (Å²) in [6, 6.07) is 66.7. The van der Waals surface area contributed by atoms with Crippen LogP contribution in [0.5, 0.6) is 0 Å². The molecular weight excluding hydrogens is 651 g/mol. The van der Waals surface area contributed by atoms with Crippen molar-refractivity contribution in [3.63, 3.8) is 0 Å². The van der Waals surface area contributed by atoms with Gasteiger partial charge >= 0.3 is 0 Å². The fourth-order valence-corrected chi connectivity index (χ4v) is 8.54. The first kappa shape index (κ1) is 30.3. The second-order valence-electron chi connectivity index (χ2n) is 13.0. The van der Waals surface area contributed by atoms with Crippen molar-refractivity contribution < 1.29 is 0 Å². The molecule has 0 saturated heterocycles. The fraction of sp³-hybridized carbons (Fsp3) is 0. The maximum Gasteiger partial charge on any atom is 0.160 e. The zero-order valence-electron chi connectivity index (χ0n) is 28.1. The van der Waals surface area contributed by atoms with E-state index in [1.165, 1.54) is 54.2 Å². The number of para-hydroxylation sites is 1. The Balaban J connectivity index is 1.22. The third-order valence-electron chi connectivity index (χ3n) is 9.84. The summed E-state index contributed by atoms with van der Waals surface area (Å²) in [5, 5.41) is 1.24. The zero-order chi connectivity index (χ0) is 34.4. The Labute approximate surface area is 306 Å². The van der Waals surface area contributed by atoms with Gasteiger partial charge in [0.1, 0.15) is 0 Å². The minimum absolute atomic E-state index is 0.711. The van der Waals surface area contributed by atoms with Crippen molar-refractivity contribution in [2.75, 3.05) is 0 Å². The highest BCUT2D eigenvalue weighted by molar-refractivity contribution is 7.99. The van der Waals surface area contributed by atoms with Crippen LogP contribution in [0, 0.1) is 0 Å². The van der Waals surface area contributed by atoms with Gasteiger partial charge in [0.15, 0.2) is 5.82 Å². The molecule has 0 N–H and O–H groups in total. The molecule has 1 aliphatic rings. The van der Waals surface area contributed by atoms with Crippen molar-refractivity contribution in [2.45, 2.75) is 9.79 Å². The van der Waals surface area contributed by atoms with Crippen LogP contribution >= 0.6 is 11.8 Å². The van der Waals surface area contributed by atoms with Crippen LogP contribution in [0.3, 0.4) is 0 Å². The molecule has 0 saturated carbocycles. The van der Waals surface area contributed by atoms with Gasteiger partial charge in [-0.25, -0.2) is 9.97 Å². The number of benzene rings is 7. The predicted octanol–water partition coefficient (Wildman–Crippen LogP) is 12.9. The molecule has 0 atom stereocenters. The molecule has 4 heteroatoms. The van der Waals surface area contributed by atoms with Gasteiger partial charge in [-0.05, 0) is 41.5 Å². The van der Waals surface area contributed by atoms with Crippen LogP contribution in [-0.2, 0) is 0 Å². The van der Waals surface area contributed by atoms with Gasteiger partial charge < -0.3 is 4.57 Å². The first-order valence-electron chi connectivity index (χ1n) is 17.5. The van der Waals surface area contributed by atoms with Crippen molar-refractivity contribution >= 4 is 22.7 Å². The summed E-state index contributed by atoms with van der Waals surface area (Å²) in [6.07, 6.45) is 0. The Bertz CT molecular complexity index is 2680. The van der Waals surface area contributed by atoms with Crippen molar-refractivity contribution in [1.82, 2.24) is 14.5 Å². The highest BCUT2D eigenvalue weighted by Crippen LogP contribution is 2.53. The van der Waals surface area contributed by atoms with Crippen LogP contribution in [0.25, 0.3) is 84.0 Å². The van der Waals surface area contributed by atoms with E-state index in [-0.39, 0.29) is 0 Å². The molecule has 1 aliphatic heterocycles. The van der Waals surface area contributed by atoms with Gasteiger partial charge in [-0.2, -0.15) is 0 Å². The van der Waals surface area contributed by atoms with Crippen molar-refractivity contribution in [1.29, 1.82) is 0 Å². The quantitative estimate of drug-likeness (QED) is 0.181. The Hall–Kier alpha value is -6.49. The molecule has 52 heavy (non-hydrogen) atoms. The van der Waals surface area contributed by atoms with Crippen molar-refractivity contribution in [2.24, 2.45) is 0 Å². The minimum Gasteiger partial charge on any atom is -0.308 e. The third kappa shape index (κ3) is 5.15. The number of fused-ring (bicyclic) bond motifs is 7. The molecule has 0 bridgehead atoms. The van der Waals surface area contributed by atoms with Crippen LogP contribution < -0.4 is 0 Å². The van der Waals surface area contributed by atoms with E-state index in [0.717, 1.165) is 33.8 Å². The van der Waals surface area contributed by atoms with Crippen molar-refractivity contribution in [3.05, 3.63) is 188 Å². The number of aromatic nitrogens is 3. The Morgan fingerprint density at radius 3 is 1.60 bits per heavy atom. The van der Waals surface area contributed by atoms with Gasteiger partial charge in [-0.15, -0.1) is 0 Å². The van der Waals surface area contributed by atoms with Gasteiger partial charge in [0.2, 0.25) is 0 Å². The molecule has 0 fully saturated rings. The smallest absolute Gasteiger partial charge is 0.160 e. The lowest BCUT2D eigenvalue weighted by molar-refractivity contribution is 1.13. The Morgan fingerprint density at radius 1 is 0.404 bits per heavy atom. The van der Waals surface area contributed by atoms with E-state index < -0.39 is 0 Å². The molecule has 0 amide bonds. The average molecular weight is 682 g/mol. The highest BCUT2D eigenvalue weighted by Gasteiger charge is 2.29. The number of hydrogen-bond donors (Lipinski definition) is 0. The molecule has 0 spiro atoms. The van der Waals surface area contributed by atoms with Crippen LogP contribution in [0.15, 0.2) is 198 Å². The van der Waals surface area contributed by atoms with Gasteiger partial charge in [0.05, 0.1) is 22.6 Å². The lowest BCUT2D eigenvalue weighted by atomic mass is 9.96. The molecule has 0 radical (unpaired) electrons. The normalized spacial score (nSPS) is 11.8. The van der Waals surface area contributed by atoms with E-state index in [0.29, 0.717) is 5.82 Å². The van der Waals surface area contributed by atoms with E-state index in [9.17, 15) is 0 Å². The standard InChI is InChI=1S/C48H31N3S/c1-4-15-32(16-5-1)37-23-14-24-40-45-38-21-10-12-25-43(38)52-44-26-13-11-22-39(44)47(45)51(46(37)40)36-29-27-34(28-30-36)42-31-41(33-17-6-2-7-18-33)49-48(50-42)35-19-8-3-9-20-35/h1-31H. The lowest BCUT2D eigenvalue weighted by Crippen LogP contribution is -2.00. The lowest BCUT2D eigenvalue weighted by Gasteiger charge is -2.16. The molecule has 0 unspecified atom stereocenters. The molecule has 3 nitrogen and oxygen atoms in total. The largest absolute Gasteiger partial charge is 0.308 e. The molecule has 9 aromatic rings. The molecule has 0 aliphatic carbocycles. The summed E-state index contributed by atoms with van der Waals surface area (Å²) in [6.45, 7) is 0. The van der Waals surface area contributed by atoms with Crippen molar-refractivity contribution in [3.8, 4) is 73.1 Å². The average Bonchev–Trinajstić information content (AvgIpc) is 3.49. The van der Waals surface area contributed by atoms with Gasteiger partial charge in [0.25, 0.3) is 0 Å². The summed E-state index contributed by atoms with van der Waals surface area (Å²) in [7, 11) is 0. The molecule has 2 aromatic heterocycles. The van der Waals surface area contributed by atoms with Crippen LogP contribution in [0.4, 0.5) is 0 Å². The zero-order valence-corrected chi connectivity index (χ0v) is 29.0.